The van der Waals surface area contributed by atoms with Crippen molar-refractivity contribution in [2.45, 2.75) is 26.7 Å². The fraction of sp³-hybridized carbons (Fsp3) is 0.909. The average molecular weight is 230 g/mol. The molecule has 1 aliphatic heterocycles. The van der Waals surface area contributed by atoms with Gasteiger partial charge in [0.1, 0.15) is 0 Å². The van der Waals surface area contributed by atoms with Gasteiger partial charge in [-0.1, -0.05) is 26.1 Å². The lowest BCUT2D eigenvalue weighted by Crippen LogP contribution is -2.35. The highest BCUT2D eigenvalue weighted by Gasteiger charge is 2.22. The molecule has 1 saturated heterocycles. The summed E-state index contributed by atoms with van der Waals surface area (Å²) in [6.07, 6.45) is 2.16. The van der Waals surface area contributed by atoms with Crippen LogP contribution < -0.4 is 5.73 Å². The molecule has 1 aliphatic rings. The third-order valence-corrected chi connectivity index (χ3v) is 3.59. The summed E-state index contributed by atoms with van der Waals surface area (Å²) in [5.74, 6) is 0. The van der Waals surface area contributed by atoms with Crippen molar-refractivity contribution < 1.29 is 4.74 Å². The molecule has 0 radical (unpaired) electrons. The molecule has 1 fully saturated rings. The van der Waals surface area contributed by atoms with E-state index < -0.39 is 0 Å². The summed E-state index contributed by atoms with van der Waals surface area (Å²) in [6.45, 7) is 9.21. The predicted molar refractivity (Wildman–Crippen MR) is 67.1 cm³/mol. The quantitative estimate of drug-likeness (QED) is 0.741. The highest BCUT2D eigenvalue weighted by molar-refractivity contribution is 7.80. The monoisotopic (exact) mass is 230 g/mol. The molecule has 0 aromatic heterocycles. The molecule has 0 spiro atoms. The minimum absolute atomic E-state index is 0.0253. The van der Waals surface area contributed by atoms with E-state index >= 15 is 0 Å². The van der Waals surface area contributed by atoms with Crippen LogP contribution in [0.5, 0.6) is 0 Å². The van der Waals surface area contributed by atoms with Crippen molar-refractivity contribution in [3.05, 3.63) is 0 Å². The summed E-state index contributed by atoms with van der Waals surface area (Å²) in [5, 5.41) is 0. The molecule has 0 aromatic rings. The second-order valence-electron chi connectivity index (χ2n) is 4.81. The van der Waals surface area contributed by atoms with Crippen molar-refractivity contribution in [2.24, 2.45) is 11.1 Å². The molecule has 1 heterocycles. The summed E-state index contributed by atoms with van der Waals surface area (Å²) in [7, 11) is 0. The summed E-state index contributed by atoms with van der Waals surface area (Å²) in [5.41, 5.74) is 5.68. The van der Waals surface area contributed by atoms with Crippen molar-refractivity contribution in [2.75, 3.05) is 32.8 Å². The highest BCUT2D eigenvalue weighted by atomic mass is 32.1. The van der Waals surface area contributed by atoms with Crippen LogP contribution in [0.4, 0.5) is 0 Å². The third kappa shape index (κ3) is 4.45. The Labute approximate surface area is 98.0 Å². The number of nitrogens with two attached hydrogens (primary N) is 1. The van der Waals surface area contributed by atoms with E-state index in [4.69, 9.17) is 22.7 Å². The largest absolute Gasteiger partial charge is 0.393 e. The number of nitrogens with zero attached hydrogens (tertiary/aromatic N) is 1. The van der Waals surface area contributed by atoms with Gasteiger partial charge in [-0.2, -0.15) is 0 Å². The topological polar surface area (TPSA) is 38.5 Å². The molecule has 1 rings (SSSR count). The fourth-order valence-corrected chi connectivity index (χ4v) is 1.68. The molecule has 0 saturated carbocycles. The maximum Gasteiger partial charge on any atom is 0.0784 e. The van der Waals surface area contributed by atoms with Crippen LogP contribution in [0.15, 0.2) is 0 Å². The van der Waals surface area contributed by atoms with Gasteiger partial charge in [-0.15, -0.1) is 0 Å². The number of ether oxygens (including phenoxy) is 1. The highest BCUT2D eigenvalue weighted by Crippen LogP contribution is 2.21. The van der Waals surface area contributed by atoms with Crippen LogP contribution in [0.1, 0.15) is 26.7 Å². The Balaban J connectivity index is 2.31. The zero-order valence-electron chi connectivity index (χ0n) is 9.79. The van der Waals surface area contributed by atoms with E-state index in [0.29, 0.717) is 4.99 Å². The molecule has 4 heteroatoms. The molecular formula is C11H22N2OS. The van der Waals surface area contributed by atoms with Crippen LogP contribution in [0.25, 0.3) is 0 Å². The van der Waals surface area contributed by atoms with Gasteiger partial charge in [-0.3, -0.25) is 0 Å². The minimum atomic E-state index is -0.0253. The summed E-state index contributed by atoms with van der Waals surface area (Å²) in [6, 6.07) is 0. The lowest BCUT2D eigenvalue weighted by Gasteiger charge is -2.27. The molecule has 3 nitrogen and oxygen atoms in total. The van der Waals surface area contributed by atoms with Crippen LogP contribution in [0.2, 0.25) is 0 Å². The Morgan fingerprint density at radius 1 is 1.40 bits per heavy atom. The molecule has 0 aliphatic carbocycles. The Kier molecular flexibility index (Phi) is 4.96. The molecule has 88 valence electrons. The van der Waals surface area contributed by atoms with Crippen molar-refractivity contribution in [3.8, 4) is 0 Å². The number of rotatable bonds is 4. The molecular weight excluding hydrogens is 208 g/mol. The molecule has 0 aromatic carbocycles. The fourth-order valence-electron chi connectivity index (χ4n) is 1.58. The first-order valence-electron chi connectivity index (χ1n) is 5.62. The molecule has 0 amide bonds. The van der Waals surface area contributed by atoms with Gasteiger partial charge in [0.15, 0.2) is 0 Å². The SMILES string of the molecule is CC(C)(CCN1CCCOCC1)C(N)=S. The van der Waals surface area contributed by atoms with Crippen molar-refractivity contribution >= 4 is 17.2 Å². The van der Waals surface area contributed by atoms with Crippen LogP contribution in [0.3, 0.4) is 0 Å². The summed E-state index contributed by atoms with van der Waals surface area (Å²) >= 11 is 5.06. The lowest BCUT2D eigenvalue weighted by atomic mass is 9.89. The Morgan fingerprint density at radius 2 is 2.13 bits per heavy atom. The van der Waals surface area contributed by atoms with Crippen molar-refractivity contribution in [3.63, 3.8) is 0 Å². The van der Waals surface area contributed by atoms with Gasteiger partial charge >= 0.3 is 0 Å². The van der Waals surface area contributed by atoms with E-state index in [1.165, 1.54) is 0 Å². The Bertz CT molecular complexity index is 211. The number of hydrogen-bond donors (Lipinski definition) is 1. The molecule has 15 heavy (non-hydrogen) atoms. The number of hydrogen-bond acceptors (Lipinski definition) is 3. The average Bonchev–Trinajstić information content (AvgIpc) is 2.42. The van der Waals surface area contributed by atoms with Crippen LogP contribution in [-0.2, 0) is 4.74 Å². The maximum absolute atomic E-state index is 5.70. The molecule has 0 atom stereocenters. The lowest BCUT2D eigenvalue weighted by molar-refractivity contribution is 0.140. The van der Waals surface area contributed by atoms with Crippen LogP contribution in [-0.4, -0.2) is 42.7 Å². The van der Waals surface area contributed by atoms with Gasteiger partial charge in [-0.25, -0.2) is 0 Å². The maximum atomic E-state index is 5.70. The first-order valence-corrected chi connectivity index (χ1v) is 6.03. The van der Waals surface area contributed by atoms with Crippen LogP contribution >= 0.6 is 12.2 Å². The zero-order valence-corrected chi connectivity index (χ0v) is 10.6. The van der Waals surface area contributed by atoms with Gasteiger partial charge < -0.3 is 15.4 Å². The Morgan fingerprint density at radius 3 is 2.80 bits per heavy atom. The van der Waals surface area contributed by atoms with Gasteiger partial charge in [0, 0.05) is 25.1 Å². The van der Waals surface area contributed by atoms with E-state index in [1.54, 1.807) is 0 Å². The van der Waals surface area contributed by atoms with E-state index in [1.807, 2.05) is 0 Å². The van der Waals surface area contributed by atoms with Gasteiger partial charge in [-0.05, 0) is 19.4 Å². The van der Waals surface area contributed by atoms with E-state index in [0.717, 1.165) is 45.7 Å². The number of thiocarbonyl (C=S) groups is 1. The molecule has 0 unspecified atom stereocenters. The molecule has 2 N–H and O–H groups in total. The summed E-state index contributed by atoms with van der Waals surface area (Å²) in [4.78, 5) is 3.06. The smallest absolute Gasteiger partial charge is 0.0784 e. The molecule has 0 bridgehead atoms. The van der Waals surface area contributed by atoms with Crippen LogP contribution in [0, 0.1) is 5.41 Å². The van der Waals surface area contributed by atoms with E-state index in [9.17, 15) is 0 Å². The van der Waals surface area contributed by atoms with Crippen molar-refractivity contribution in [1.29, 1.82) is 0 Å². The minimum Gasteiger partial charge on any atom is -0.393 e. The third-order valence-electron chi connectivity index (χ3n) is 3.03. The Hall–Kier alpha value is -0.190. The van der Waals surface area contributed by atoms with E-state index in [-0.39, 0.29) is 5.41 Å². The van der Waals surface area contributed by atoms with Crippen molar-refractivity contribution in [1.82, 2.24) is 4.90 Å². The predicted octanol–water partition coefficient (Wildman–Crippen LogP) is 1.41. The van der Waals surface area contributed by atoms with Gasteiger partial charge in [0.05, 0.1) is 11.6 Å². The first kappa shape index (κ1) is 12.9. The standard InChI is InChI=1S/C11H22N2OS/c1-11(2,10(12)15)4-6-13-5-3-8-14-9-7-13/h3-9H2,1-2H3,(H2,12,15). The normalized spacial score (nSPS) is 19.9. The van der Waals surface area contributed by atoms with Gasteiger partial charge in [0.2, 0.25) is 0 Å². The second-order valence-corrected chi connectivity index (χ2v) is 5.25. The van der Waals surface area contributed by atoms with E-state index in [2.05, 4.69) is 18.7 Å². The summed E-state index contributed by atoms with van der Waals surface area (Å²) < 4.78 is 5.41. The first-order chi connectivity index (χ1) is 7.02. The van der Waals surface area contributed by atoms with Gasteiger partial charge in [0.25, 0.3) is 0 Å². The second kappa shape index (κ2) is 5.77. The zero-order chi connectivity index (χ0) is 11.3.